The van der Waals surface area contributed by atoms with E-state index in [0.29, 0.717) is 0 Å². The van der Waals surface area contributed by atoms with E-state index in [1.807, 2.05) is 24.3 Å². The number of hydrogen-bond donors (Lipinski definition) is 3. The van der Waals surface area contributed by atoms with Crippen LogP contribution in [0.4, 0.5) is 10.5 Å². The highest BCUT2D eigenvalue weighted by Crippen LogP contribution is 2.45. The van der Waals surface area contributed by atoms with Gasteiger partial charge >= 0.3 is 6.03 Å². The third kappa shape index (κ3) is 1.88. The molecular weight excluding hydrogens is 190 g/mol. The molecule has 2 amide bonds. The third-order valence-corrected chi connectivity index (χ3v) is 2.77. The predicted molar refractivity (Wildman–Crippen MR) is 59.4 cm³/mol. The van der Waals surface area contributed by atoms with E-state index in [0.717, 1.165) is 24.1 Å². The third-order valence-electron chi connectivity index (χ3n) is 2.77. The van der Waals surface area contributed by atoms with E-state index in [9.17, 15) is 4.79 Å². The van der Waals surface area contributed by atoms with Crippen molar-refractivity contribution in [3.8, 4) is 0 Å². The number of nitrogens with two attached hydrogens (primary N) is 1. The summed E-state index contributed by atoms with van der Waals surface area (Å²) in [5, 5.41) is 5.52. The fourth-order valence-electron chi connectivity index (χ4n) is 1.73. The first-order chi connectivity index (χ1) is 7.16. The number of amides is 2. The van der Waals surface area contributed by atoms with Crippen molar-refractivity contribution in [3.63, 3.8) is 0 Å². The molecule has 0 radical (unpaired) electrons. The van der Waals surface area contributed by atoms with Crippen LogP contribution in [-0.4, -0.2) is 13.1 Å². The summed E-state index contributed by atoms with van der Waals surface area (Å²) in [6.45, 7) is 0. The molecule has 0 heterocycles. The Morgan fingerprint density at radius 3 is 2.73 bits per heavy atom. The Hall–Kier alpha value is -1.71. The quantitative estimate of drug-likeness (QED) is 0.635. The Morgan fingerprint density at radius 2 is 2.20 bits per heavy atom. The molecule has 0 saturated heterocycles. The van der Waals surface area contributed by atoms with Crippen LogP contribution in [0.3, 0.4) is 0 Å². The van der Waals surface area contributed by atoms with Crippen LogP contribution >= 0.6 is 0 Å². The standard InChI is InChI=1S/C11H15N3O/c1-13-10(15)14-11(5-6-11)8-3-2-4-9(12)7-8/h2-4,7H,5-6,12H2,1H3,(H2,13,14,15). The first-order valence-corrected chi connectivity index (χ1v) is 5.02. The van der Waals surface area contributed by atoms with Crippen LogP contribution in [0.1, 0.15) is 18.4 Å². The Bertz CT molecular complexity index is 385. The van der Waals surface area contributed by atoms with Gasteiger partial charge in [-0.25, -0.2) is 4.79 Å². The lowest BCUT2D eigenvalue weighted by atomic mass is 10.0. The minimum Gasteiger partial charge on any atom is -0.399 e. The molecule has 80 valence electrons. The summed E-state index contributed by atoms with van der Waals surface area (Å²) in [6.07, 6.45) is 1.95. The van der Waals surface area contributed by atoms with E-state index in [2.05, 4.69) is 10.6 Å². The van der Waals surface area contributed by atoms with E-state index < -0.39 is 0 Å². The number of carbonyl (C=O) groups is 1. The van der Waals surface area contributed by atoms with Crippen molar-refractivity contribution in [3.05, 3.63) is 29.8 Å². The largest absolute Gasteiger partial charge is 0.399 e. The van der Waals surface area contributed by atoms with E-state index in [1.54, 1.807) is 7.05 Å². The molecule has 0 bridgehead atoms. The average molecular weight is 205 g/mol. The van der Waals surface area contributed by atoms with E-state index in [4.69, 9.17) is 5.73 Å². The second kappa shape index (κ2) is 3.46. The molecule has 4 nitrogen and oxygen atoms in total. The molecule has 1 fully saturated rings. The molecule has 15 heavy (non-hydrogen) atoms. The molecule has 1 aliphatic carbocycles. The van der Waals surface area contributed by atoms with Crippen molar-refractivity contribution in [1.82, 2.24) is 10.6 Å². The molecule has 0 aliphatic heterocycles. The van der Waals surface area contributed by atoms with E-state index in [1.165, 1.54) is 0 Å². The zero-order chi connectivity index (χ0) is 10.9. The van der Waals surface area contributed by atoms with Gasteiger partial charge in [0.15, 0.2) is 0 Å². The second-order valence-corrected chi connectivity index (χ2v) is 3.91. The van der Waals surface area contributed by atoms with E-state index >= 15 is 0 Å². The summed E-state index contributed by atoms with van der Waals surface area (Å²) >= 11 is 0. The van der Waals surface area contributed by atoms with Crippen molar-refractivity contribution in [1.29, 1.82) is 0 Å². The van der Waals surface area contributed by atoms with Gasteiger partial charge in [0.1, 0.15) is 0 Å². The number of anilines is 1. The summed E-state index contributed by atoms with van der Waals surface area (Å²) in [7, 11) is 1.62. The van der Waals surface area contributed by atoms with Crippen LogP contribution in [0.15, 0.2) is 24.3 Å². The summed E-state index contributed by atoms with van der Waals surface area (Å²) in [6, 6.07) is 7.53. The Labute approximate surface area is 88.9 Å². The van der Waals surface area contributed by atoms with Gasteiger partial charge in [0.2, 0.25) is 0 Å². The molecule has 0 spiro atoms. The number of rotatable bonds is 2. The molecule has 1 aliphatic rings. The second-order valence-electron chi connectivity index (χ2n) is 3.91. The molecule has 1 aromatic rings. The molecule has 4 N–H and O–H groups in total. The molecule has 0 atom stereocenters. The fraction of sp³-hybridized carbons (Fsp3) is 0.364. The minimum absolute atomic E-state index is 0.144. The SMILES string of the molecule is CNC(=O)NC1(c2cccc(N)c2)CC1. The van der Waals surface area contributed by atoms with E-state index in [-0.39, 0.29) is 11.6 Å². The maximum absolute atomic E-state index is 11.3. The normalized spacial score (nSPS) is 16.9. The van der Waals surface area contributed by atoms with Gasteiger partial charge in [0.05, 0.1) is 5.54 Å². The van der Waals surface area contributed by atoms with Gasteiger partial charge in [-0.1, -0.05) is 12.1 Å². The zero-order valence-corrected chi connectivity index (χ0v) is 8.71. The number of urea groups is 1. The van der Waals surface area contributed by atoms with Gasteiger partial charge in [0.25, 0.3) is 0 Å². The lowest BCUT2D eigenvalue weighted by molar-refractivity contribution is 0.238. The molecule has 2 rings (SSSR count). The fourth-order valence-corrected chi connectivity index (χ4v) is 1.73. The zero-order valence-electron chi connectivity index (χ0n) is 8.71. The highest BCUT2D eigenvalue weighted by atomic mass is 16.2. The number of nitrogens with one attached hydrogen (secondary N) is 2. The summed E-state index contributed by atoms with van der Waals surface area (Å²) in [4.78, 5) is 11.3. The van der Waals surface area contributed by atoms with Gasteiger partial charge in [-0.2, -0.15) is 0 Å². The topological polar surface area (TPSA) is 67.2 Å². The maximum Gasteiger partial charge on any atom is 0.315 e. The van der Waals surface area contributed by atoms with Crippen molar-refractivity contribution in [2.24, 2.45) is 0 Å². The predicted octanol–water partition coefficient (Wildman–Crippen LogP) is 1.19. The minimum atomic E-state index is -0.185. The van der Waals surface area contributed by atoms with Crippen molar-refractivity contribution >= 4 is 11.7 Å². The molecular formula is C11H15N3O. The maximum atomic E-state index is 11.3. The van der Waals surface area contributed by atoms with Gasteiger partial charge in [-0.3, -0.25) is 0 Å². The van der Waals surface area contributed by atoms with Crippen LogP contribution < -0.4 is 16.4 Å². The molecule has 0 aromatic heterocycles. The molecule has 1 saturated carbocycles. The van der Waals surface area contributed by atoms with Crippen molar-refractivity contribution in [2.75, 3.05) is 12.8 Å². The average Bonchev–Trinajstić information content (AvgIpc) is 2.99. The molecule has 4 heteroatoms. The number of hydrogen-bond acceptors (Lipinski definition) is 2. The lowest BCUT2D eigenvalue weighted by Crippen LogP contribution is -2.40. The van der Waals surface area contributed by atoms with Crippen LogP contribution in [0.25, 0.3) is 0 Å². The van der Waals surface area contributed by atoms with Crippen LogP contribution in [-0.2, 0) is 5.54 Å². The van der Waals surface area contributed by atoms with Gasteiger partial charge < -0.3 is 16.4 Å². The highest BCUT2D eigenvalue weighted by Gasteiger charge is 2.45. The summed E-state index contributed by atoms with van der Waals surface area (Å²) in [5.41, 5.74) is 7.36. The molecule has 0 unspecified atom stereocenters. The summed E-state index contributed by atoms with van der Waals surface area (Å²) < 4.78 is 0. The van der Waals surface area contributed by atoms with Gasteiger partial charge in [-0.15, -0.1) is 0 Å². The van der Waals surface area contributed by atoms with Gasteiger partial charge in [0, 0.05) is 12.7 Å². The van der Waals surface area contributed by atoms with Crippen LogP contribution in [0.5, 0.6) is 0 Å². The van der Waals surface area contributed by atoms with Gasteiger partial charge in [-0.05, 0) is 30.5 Å². The summed E-state index contributed by atoms with van der Waals surface area (Å²) in [5.74, 6) is 0. The lowest BCUT2D eigenvalue weighted by Gasteiger charge is -2.17. The first kappa shape index (κ1) is 9.83. The number of nitrogen functional groups attached to an aromatic ring is 1. The Morgan fingerprint density at radius 1 is 1.47 bits per heavy atom. The van der Waals surface area contributed by atoms with Crippen LogP contribution in [0, 0.1) is 0 Å². The monoisotopic (exact) mass is 205 g/mol. The first-order valence-electron chi connectivity index (χ1n) is 5.02. The van der Waals surface area contributed by atoms with Crippen molar-refractivity contribution in [2.45, 2.75) is 18.4 Å². The number of benzene rings is 1. The van der Waals surface area contributed by atoms with Crippen molar-refractivity contribution < 1.29 is 4.79 Å². The Kier molecular flexibility index (Phi) is 2.26. The smallest absolute Gasteiger partial charge is 0.315 e. The van der Waals surface area contributed by atoms with Crippen LogP contribution in [0.2, 0.25) is 0 Å². The molecule has 1 aromatic carbocycles. The highest BCUT2D eigenvalue weighted by molar-refractivity contribution is 5.75. The Balaban J connectivity index is 2.19. The number of carbonyl (C=O) groups excluding carboxylic acids is 1.